The quantitative estimate of drug-likeness (QED) is 0.763. The molecule has 1 amide bonds. The highest BCUT2D eigenvalue weighted by Crippen LogP contribution is 2.12. The lowest BCUT2D eigenvalue weighted by Crippen LogP contribution is -2.26. The Hall–Kier alpha value is -1.62. The molecule has 0 radical (unpaired) electrons. The Morgan fingerprint density at radius 1 is 1.65 bits per heavy atom. The summed E-state index contributed by atoms with van der Waals surface area (Å²) in [5.74, 6) is 0.735. The molecule has 5 heteroatoms. The first-order chi connectivity index (χ1) is 8.17. The first-order valence-electron chi connectivity index (χ1n) is 5.62. The van der Waals surface area contributed by atoms with Crippen LogP contribution in [0.1, 0.15) is 18.9 Å². The fourth-order valence-electron chi connectivity index (χ4n) is 1.41. The monoisotopic (exact) mass is 237 g/mol. The van der Waals surface area contributed by atoms with Crippen molar-refractivity contribution in [3.05, 3.63) is 23.9 Å². The Balaban J connectivity index is 2.47. The van der Waals surface area contributed by atoms with Crippen LogP contribution in [0, 0.1) is 5.92 Å². The lowest BCUT2D eigenvalue weighted by molar-refractivity contribution is -0.122. The molecule has 17 heavy (non-hydrogen) atoms. The van der Waals surface area contributed by atoms with Gasteiger partial charge in [-0.05, 0) is 18.5 Å². The van der Waals surface area contributed by atoms with Gasteiger partial charge in [-0.25, -0.2) is 4.98 Å². The smallest absolute Gasteiger partial charge is 0.220 e. The molecule has 1 rings (SSSR count). The summed E-state index contributed by atoms with van der Waals surface area (Å²) < 4.78 is 5.10. The topological polar surface area (TPSA) is 77.2 Å². The van der Waals surface area contributed by atoms with Gasteiger partial charge in [-0.15, -0.1) is 0 Å². The number of carbonyl (C=O) groups excluding carboxylic acids is 1. The van der Waals surface area contributed by atoms with Crippen LogP contribution in [0.4, 0.5) is 0 Å². The number of methoxy groups -OCH3 is 1. The number of nitrogens with two attached hydrogens (primary N) is 1. The fourth-order valence-corrected chi connectivity index (χ4v) is 1.41. The first kappa shape index (κ1) is 13.4. The number of hydrogen-bond acceptors (Lipinski definition) is 4. The van der Waals surface area contributed by atoms with Crippen molar-refractivity contribution < 1.29 is 9.53 Å². The molecule has 0 fully saturated rings. The SMILES string of the molecule is COc1ncccc1CNC(=O)CC(C)CN. The van der Waals surface area contributed by atoms with Gasteiger partial charge in [0.1, 0.15) is 0 Å². The third kappa shape index (κ3) is 4.40. The van der Waals surface area contributed by atoms with E-state index >= 15 is 0 Å². The van der Waals surface area contributed by atoms with Crippen molar-refractivity contribution in [1.29, 1.82) is 0 Å². The molecule has 1 unspecified atom stereocenters. The zero-order valence-corrected chi connectivity index (χ0v) is 10.3. The molecule has 0 aromatic carbocycles. The van der Waals surface area contributed by atoms with Crippen LogP contribution < -0.4 is 15.8 Å². The van der Waals surface area contributed by atoms with Crippen molar-refractivity contribution >= 4 is 5.91 Å². The summed E-state index contributed by atoms with van der Waals surface area (Å²) in [6.45, 7) is 2.89. The fraction of sp³-hybridized carbons (Fsp3) is 0.500. The summed E-state index contributed by atoms with van der Waals surface area (Å²) in [4.78, 5) is 15.6. The van der Waals surface area contributed by atoms with Gasteiger partial charge < -0.3 is 15.8 Å². The molecule has 1 heterocycles. The molecule has 1 aromatic heterocycles. The molecule has 3 N–H and O–H groups in total. The van der Waals surface area contributed by atoms with E-state index in [0.29, 0.717) is 25.4 Å². The molecule has 0 aliphatic carbocycles. The predicted octanol–water partition coefficient (Wildman–Crippen LogP) is 0.691. The van der Waals surface area contributed by atoms with Crippen LogP contribution >= 0.6 is 0 Å². The second-order valence-corrected chi connectivity index (χ2v) is 3.99. The van der Waals surface area contributed by atoms with E-state index in [2.05, 4.69) is 10.3 Å². The van der Waals surface area contributed by atoms with E-state index in [0.717, 1.165) is 5.56 Å². The lowest BCUT2D eigenvalue weighted by Gasteiger charge is -2.10. The Morgan fingerprint density at radius 3 is 3.06 bits per heavy atom. The highest BCUT2D eigenvalue weighted by atomic mass is 16.5. The molecule has 94 valence electrons. The third-order valence-corrected chi connectivity index (χ3v) is 2.46. The van der Waals surface area contributed by atoms with Crippen molar-refractivity contribution in [3.8, 4) is 5.88 Å². The standard InChI is InChI=1S/C12H19N3O2/c1-9(7-13)6-11(16)15-8-10-4-3-5-14-12(10)17-2/h3-5,9H,6-8,13H2,1-2H3,(H,15,16). The van der Waals surface area contributed by atoms with Crippen molar-refractivity contribution in [2.24, 2.45) is 11.7 Å². The van der Waals surface area contributed by atoms with Gasteiger partial charge in [0, 0.05) is 24.7 Å². The Bertz CT molecular complexity index is 369. The molecule has 0 bridgehead atoms. The number of hydrogen-bond donors (Lipinski definition) is 2. The molecule has 1 aromatic rings. The van der Waals surface area contributed by atoms with Crippen LogP contribution in [-0.2, 0) is 11.3 Å². The van der Waals surface area contributed by atoms with Gasteiger partial charge in [0.2, 0.25) is 11.8 Å². The largest absolute Gasteiger partial charge is 0.481 e. The normalized spacial score (nSPS) is 11.9. The van der Waals surface area contributed by atoms with E-state index < -0.39 is 0 Å². The number of rotatable bonds is 6. The molecular weight excluding hydrogens is 218 g/mol. The number of aromatic nitrogens is 1. The van der Waals surface area contributed by atoms with Gasteiger partial charge in [-0.1, -0.05) is 13.0 Å². The van der Waals surface area contributed by atoms with Crippen LogP contribution in [0.15, 0.2) is 18.3 Å². The lowest BCUT2D eigenvalue weighted by atomic mass is 10.1. The van der Waals surface area contributed by atoms with Gasteiger partial charge in [-0.3, -0.25) is 4.79 Å². The number of carbonyl (C=O) groups is 1. The third-order valence-electron chi connectivity index (χ3n) is 2.46. The van der Waals surface area contributed by atoms with Crippen LogP contribution in [-0.4, -0.2) is 24.5 Å². The Kier molecular flexibility index (Phi) is 5.42. The second kappa shape index (κ2) is 6.85. The molecule has 1 atom stereocenters. The zero-order chi connectivity index (χ0) is 12.7. The summed E-state index contributed by atoms with van der Waals surface area (Å²) in [6, 6.07) is 3.69. The highest BCUT2D eigenvalue weighted by molar-refractivity contribution is 5.76. The van der Waals surface area contributed by atoms with Crippen LogP contribution in [0.2, 0.25) is 0 Å². The van der Waals surface area contributed by atoms with Crippen LogP contribution in [0.5, 0.6) is 5.88 Å². The average Bonchev–Trinajstić information content (AvgIpc) is 2.36. The second-order valence-electron chi connectivity index (χ2n) is 3.99. The number of ether oxygens (including phenoxy) is 1. The molecule has 0 aliphatic heterocycles. The van der Waals surface area contributed by atoms with E-state index in [1.54, 1.807) is 13.3 Å². The molecule has 0 aliphatic rings. The van der Waals surface area contributed by atoms with Crippen molar-refractivity contribution in [2.75, 3.05) is 13.7 Å². The summed E-state index contributed by atoms with van der Waals surface area (Å²) in [7, 11) is 1.56. The molecular formula is C12H19N3O2. The predicted molar refractivity (Wildman–Crippen MR) is 65.5 cm³/mol. The average molecular weight is 237 g/mol. The maximum Gasteiger partial charge on any atom is 0.220 e. The minimum atomic E-state index is -0.00569. The minimum Gasteiger partial charge on any atom is -0.481 e. The van der Waals surface area contributed by atoms with E-state index in [1.807, 2.05) is 19.1 Å². The van der Waals surface area contributed by atoms with Gasteiger partial charge >= 0.3 is 0 Å². The van der Waals surface area contributed by atoms with Gasteiger partial charge in [0.15, 0.2) is 0 Å². The number of pyridine rings is 1. The molecule has 0 saturated carbocycles. The molecule has 0 saturated heterocycles. The maximum absolute atomic E-state index is 11.6. The van der Waals surface area contributed by atoms with E-state index in [9.17, 15) is 4.79 Å². The summed E-state index contributed by atoms with van der Waals surface area (Å²) in [5, 5.41) is 2.82. The van der Waals surface area contributed by atoms with E-state index in [-0.39, 0.29) is 11.8 Å². The van der Waals surface area contributed by atoms with Crippen LogP contribution in [0.25, 0.3) is 0 Å². The van der Waals surface area contributed by atoms with Crippen molar-refractivity contribution in [1.82, 2.24) is 10.3 Å². The van der Waals surface area contributed by atoms with Crippen molar-refractivity contribution in [2.45, 2.75) is 19.9 Å². The number of amides is 1. The summed E-state index contributed by atoms with van der Waals surface area (Å²) >= 11 is 0. The number of nitrogens with zero attached hydrogens (tertiary/aromatic N) is 1. The van der Waals surface area contributed by atoms with E-state index in [4.69, 9.17) is 10.5 Å². The van der Waals surface area contributed by atoms with E-state index in [1.165, 1.54) is 0 Å². The Labute approximate surface area is 101 Å². The van der Waals surface area contributed by atoms with Crippen molar-refractivity contribution in [3.63, 3.8) is 0 Å². The van der Waals surface area contributed by atoms with Gasteiger partial charge in [0.05, 0.1) is 7.11 Å². The van der Waals surface area contributed by atoms with Crippen LogP contribution in [0.3, 0.4) is 0 Å². The van der Waals surface area contributed by atoms with Gasteiger partial charge in [-0.2, -0.15) is 0 Å². The first-order valence-corrected chi connectivity index (χ1v) is 5.62. The molecule has 5 nitrogen and oxygen atoms in total. The molecule has 0 spiro atoms. The number of nitrogens with one attached hydrogen (secondary N) is 1. The highest BCUT2D eigenvalue weighted by Gasteiger charge is 2.09. The van der Waals surface area contributed by atoms with Gasteiger partial charge in [0.25, 0.3) is 0 Å². The maximum atomic E-state index is 11.6. The summed E-state index contributed by atoms with van der Waals surface area (Å²) in [5.41, 5.74) is 6.33. The minimum absolute atomic E-state index is 0.00569. The Morgan fingerprint density at radius 2 is 2.41 bits per heavy atom. The summed E-state index contributed by atoms with van der Waals surface area (Å²) in [6.07, 6.45) is 2.10. The zero-order valence-electron chi connectivity index (χ0n) is 10.3.